The van der Waals surface area contributed by atoms with Gasteiger partial charge in [-0.2, -0.15) is 13.2 Å². The summed E-state index contributed by atoms with van der Waals surface area (Å²) in [4.78, 5) is 10.0. The van der Waals surface area contributed by atoms with Crippen molar-refractivity contribution < 1.29 is 27.8 Å². The average Bonchev–Trinajstić information content (AvgIpc) is 2.44. The number of alkyl halides is 3. The van der Waals surface area contributed by atoms with E-state index in [0.717, 1.165) is 0 Å². The Morgan fingerprint density at radius 2 is 2.09 bits per heavy atom. The Morgan fingerprint density at radius 1 is 1.64 bits per heavy atom. The van der Waals surface area contributed by atoms with Crippen molar-refractivity contribution in [3.63, 3.8) is 0 Å². The SMILES string of the molecule is O=C1OC1CC(O)C(F)(F)F. The van der Waals surface area contributed by atoms with E-state index in [1.54, 1.807) is 0 Å². The molecule has 0 radical (unpaired) electrons. The van der Waals surface area contributed by atoms with Gasteiger partial charge in [-0.05, 0) is 0 Å². The van der Waals surface area contributed by atoms with Crippen LogP contribution in [0.1, 0.15) is 6.42 Å². The number of cyclic esters (lactones) is 1. The highest BCUT2D eigenvalue weighted by Crippen LogP contribution is 2.27. The van der Waals surface area contributed by atoms with Gasteiger partial charge in [0, 0.05) is 6.42 Å². The number of carbonyl (C=O) groups is 1. The monoisotopic (exact) mass is 170 g/mol. The Hall–Kier alpha value is -0.780. The molecular weight excluding hydrogens is 165 g/mol. The first-order valence-electron chi connectivity index (χ1n) is 2.86. The highest BCUT2D eigenvalue weighted by molar-refractivity contribution is 5.87. The van der Waals surface area contributed by atoms with Crippen LogP contribution in [0.25, 0.3) is 0 Å². The maximum Gasteiger partial charge on any atom is 0.414 e. The molecule has 1 aliphatic rings. The predicted molar refractivity (Wildman–Crippen MR) is 26.6 cm³/mol. The maximum absolute atomic E-state index is 11.5. The molecule has 6 heteroatoms. The molecule has 0 aromatic rings. The van der Waals surface area contributed by atoms with Gasteiger partial charge in [-0.25, -0.2) is 4.79 Å². The molecule has 1 heterocycles. The molecule has 2 unspecified atom stereocenters. The van der Waals surface area contributed by atoms with Gasteiger partial charge in [0.1, 0.15) is 0 Å². The van der Waals surface area contributed by atoms with Gasteiger partial charge in [-0.1, -0.05) is 0 Å². The molecule has 1 rings (SSSR count). The van der Waals surface area contributed by atoms with Crippen molar-refractivity contribution in [1.29, 1.82) is 0 Å². The molecule has 1 aliphatic heterocycles. The normalized spacial score (nSPS) is 26.2. The van der Waals surface area contributed by atoms with Crippen molar-refractivity contribution in [3.05, 3.63) is 0 Å². The summed E-state index contributed by atoms with van der Waals surface area (Å²) in [6, 6.07) is 0. The smallest absolute Gasteiger partial charge is 0.414 e. The lowest BCUT2D eigenvalue weighted by Gasteiger charge is -2.11. The zero-order chi connectivity index (χ0) is 8.65. The fourth-order valence-electron chi connectivity index (χ4n) is 0.587. The van der Waals surface area contributed by atoms with Crippen molar-refractivity contribution >= 4 is 5.97 Å². The van der Waals surface area contributed by atoms with Crippen LogP contribution in [0.3, 0.4) is 0 Å². The second kappa shape index (κ2) is 2.37. The number of aliphatic hydroxyl groups is 1. The second-order valence-corrected chi connectivity index (χ2v) is 2.22. The standard InChI is InChI=1S/C5H5F3O3/c6-5(7,8)3(9)1-2-4(10)11-2/h2-3,9H,1H2. The zero-order valence-electron chi connectivity index (χ0n) is 5.26. The largest absolute Gasteiger partial charge is 0.447 e. The van der Waals surface area contributed by atoms with E-state index in [0.29, 0.717) is 0 Å². The van der Waals surface area contributed by atoms with Crippen molar-refractivity contribution in [2.75, 3.05) is 0 Å². The molecule has 0 aromatic carbocycles. The first-order chi connectivity index (χ1) is 4.91. The third-order valence-corrected chi connectivity index (χ3v) is 1.28. The Bertz CT molecular complexity index is 176. The Kier molecular flexibility index (Phi) is 1.79. The van der Waals surface area contributed by atoms with Crippen LogP contribution in [0.5, 0.6) is 0 Å². The van der Waals surface area contributed by atoms with E-state index in [9.17, 15) is 18.0 Å². The van der Waals surface area contributed by atoms with Gasteiger partial charge in [0.25, 0.3) is 0 Å². The quantitative estimate of drug-likeness (QED) is 0.603. The average molecular weight is 170 g/mol. The summed E-state index contributed by atoms with van der Waals surface area (Å²) in [7, 11) is 0. The minimum atomic E-state index is -4.66. The lowest BCUT2D eigenvalue weighted by molar-refractivity contribution is -0.206. The number of epoxide rings is 1. The van der Waals surface area contributed by atoms with Gasteiger partial charge in [-0.15, -0.1) is 0 Å². The summed E-state index contributed by atoms with van der Waals surface area (Å²) < 4.78 is 38.7. The zero-order valence-corrected chi connectivity index (χ0v) is 5.26. The van der Waals surface area contributed by atoms with E-state index < -0.39 is 30.8 Å². The van der Waals surface area contributed by atoms with Crippen LogP contribution < -0.4 is 0 Å². The summed E-state index contributed by atoms with van der Waals surface area (Å²) >= 11 is 0. The summed E-state index contributed by atoms with van der Waals surface area (Å²) in [6.07, 6.45) is -8.86. The number of hydrogen-bond acceptors (Lipinski definition) is 3. The first kappa shape index (κ1) is 8.32. The summed E-state index contributed by atoms with van der Waals surface area (Å²) in [5, 5.41) is 8.36. The highest BCUT2D eigenvalue weighted by atomic mass is 19.4. The molecule has 0 bridgehead atoms. The van der Waals surface area contributed by atoms with Crippen molar-refractivity contribution in [2.24, 2.45) is 0 Å². The predicted octanol–water partition coefficient (Wildman–Crippen LogP) is 0.225. The van der Waals surface area contributed by atoms with Crippen LogP contribution in [0.4, 0.5) is 13.2 Å². The van der Waals surface area contributed by atoms with Crippen LogP contribution in [0.2, 0.25) is 0 Å². The van der Waals surface area contributed by atoms with Gasteiger partial charge < -0.3 is 9.84 Å². The highest BCUT2D eigenvalue weighted by Gasteiger charge is 2.47. The third-order valence-electron chi connectivity index (χ3n) is 1.28. The minimum Gasteiger partial charge on any atom is -0.447 e. The minimum absolute atomic E-state index is 0.687. The molecular formula is C5H5F3O3. The Balaban J connectivity index is 2.32. The van der Waals surface area contributed by atoms with Crippen molar-refractivity contribution in [2.45, 2.75) is 24.8 Å². The molecule has 1 fully saturated rings. The van der Waals surface area contributed by atoms with Gasteiger partial charge >= 0.3 is 12.1 Å². The van der Waals surface area contributed by atoms with E-state index in [-0.39, 0.29) is 0 Å². The van der Waals surface area contributed by atoms with Gasteiger partial charge in [0.15, 0.2) is 6.10 Å². The molecule has 1 N–H and O–H groups in total. The van der Waals surface area contributed by atoms with E-state index in [1.807, 2.05) is 0 Å². The molecule has 0 amide bonds. The molecule has 64 valence electrons. The van der Waals surface area contributed by atoms with Crippen LogP contribution in [0.15, 0.2) is 0 Å². The summed E-state index contributed by atoms with van der Waals surface area (Å²) in [5.74, 6) is -0.687. The Labute approximate surface area is 59.8 Å². The fourth-order valence-corrected chi connectivity index (χ4v) is 0.587. The topological polar surface area (TPSA) is 49.8 Å². The van der Waals surface area contributed by atoms with Gasteiger partial charge in [0.05, 0.1) is 0 Å². The lowest BCUT2D eigenvalue weighted by atomic mass is 10.2. The molecule has 2 atom stereocenters. The number of aliphatic hydroxyl groups excluding tert-OH is 1. The van der Waals surface area contributed by atoms with Gasteiger partial charge in [-0.3, -0.25) is 0 Å². The van der Waals surface area contributed by atoms with E-state index in [1.165, 1.54) is 0 Å². The number of halogens is 3. The van der Waals surface area contributed by atoms with Crippen LogP contribution in [-0.2, 0) is 9.53 Å². The van der Waals surface area contributed by atoms with Gasteiger partial charge in [0.2, 0.25) is 6.10 Å². The molecule has 11 heavy (non-hydrogen) atoms. The van der Waals surface area contributed by atoms with Crippen LogP contribution in [-0.4, -0.2) is 29.5 Å². The Morgan fingerprint density at radius 3 is 2.36 bits per heavy atom. The van der Waals surface area contributed by atoms with Crippen LogP contribution >= 0.6 is 0 Å². The van der Waals surface area contributed by atoms with E-state index >= 15 is 0 Å². The molecule has 0 aliphatic carbocycles. The summed E-state index contributed by atoms with van der Waals surface area (Å²) in [6.45, 7) is 0. The first-order valence-corrected chi connectivity index (χ1v) is 2.86. The number of ether oxygens (including phenoxy) is 1. The number of carbonyl (C=O) groups excluding carboxylic acids is 1. The molecule has 0 aromatic heterocycles. The molecule has 0 spiro atoms. The van der Waals surface area contributed by atoms with E-state index in [2.05, 4.69) is 4.74 Å². The summed E-state index contributed by atoms with van der Waals surface area (Å²) in [5.41, 5.74) is 0. The number of hydrogen-bond donors (Lipinski definition) is 1. The molecule has 3 nitrogen and oxygen atoms in total. The van der Waals surface area contributed by atoms with Crippen molar-refractivity contribution in [1.82, 2.24) is 0 Å². The maximum atomic E-state index is 11.5. The van der Waals surface area contributed by atoms with E-state index in [4.69, 9.17) is 5.11 Å². The second-order valence-electron chi connectivity index (χ2n) is 2.22. The lowest BCUT2D eigenvalue weighted by Crippen LogP contribution is -2.29. The third kappa shape index (κ3) is 2.07. The molecule has 1 saturated heterocycles. The van der Waals surface area contributed by atoms with Crippen LogP contribution in [0, 0.1) is 0 Å². The van der Waals surface area contributed by atoms with Crippen molar-refractivity contribution in [3.8, 4) is 0 Å². The molecule has 0 saturated carbocycles. The number of rotatable bonds is 2. The fraction of sp³-hybridized carbons (Fsp3) is 0.800.